The van der Waals surface area contributed by atoms with E-state index in [1.54, 1.807) is 36.4 Å². The number of phenolic OH excluding ortho intramolecular Hbond substituents is 1. The number of para-hydroxylation sites is 1. The van der Waals surface area contributed by atoms with Crippen molar-refractivity contribution in [1.29, 1.82) is 0 Å². The Balaban J connectivity index is 1.80. The summed E-state index contributed by atoms with van der Waals surface area (Å²) in [6, 6.07) is 19.2. The number of hydrogen-bond acceptors (Lipinski definition) is 5. The van der Waals surface area contributed by atoms with Crippen LogP contribution >= 0.6 is 15.9 Å². The fraction of sp³-hybridized carbons (Fsp3) is 0.130. The highest BCUT2D eigenvalue weighted by Crippen LogP contribution is 2.40. The zero-order chi connectivity index (χ0) is 22.4. The van der Waals surface area contributed by atoms with E-state index in [0.29, 0.717) is 10.2 Å². The molecule has 0 saturated heterocycles. The molecule has 31 heavy (non-hydrogen) atoms. The third-order valence-corrected chi connectivity index (χ3v) is 5.03. The van der Waals surface area contributed by atoms with Crippen molar-refractivity contribution in [3.63, 3.8) is 0 Å². The molecule has 0 aliphatic heterocycles. The second-order valence-electron chi connectivity index (χ2n) is 6.66. The van der Waals surface area contributed by atoms with Gasteiger partial charge in [0.1, 0.15) is 12.4 Å². The first-order valence-corrected chi connectivity index (χ1v) is 10.1. The molecule has 0 aliphatic rings. The third-order valence-electron chi connectivity index (χ3n) is 4.44. The first-order chi connectivity index (χ1) is 14.9. The summed E-state index contributed by atoms with van der Waals surface area (Å²) in [6.07, 6.45) is -0.809. The average Bonchev–Trinajstić information content (AvgIpc) is 2.76. The Morgan fingerprint density at radius 3 is 2.23 bits per heavy atom. The molecule has 1 amide bonds. The number of ether oxygens (including phenoxy) is 2. The average molecular weight is 486 g/mol. The van der Waals surface area contributed by atoms with E-state index >= 15 is 0 Å². The smallest absolute Gasteiger partial charge is 0.410 e. The van der Waals surface area contributed by atoms with Crippen LogP contribution in [0.1, 0.15) is 17.2 Å². The van der Waals surface area contributed by atoms with Gasteiger partial charge in [-0.15, -0.1) is 0 Å². The van der Waals surface area contributed by atoms with E-state index in [9.17, 15) is 19.8 Å². The van der Waals surface area contributed by atoms with Crippen LogP contribution in [0.15, 0.2) is 77.3 Å². The summed E-state index contributed by atoms with van der Waals surface area (Å²) >= 11 is 3.31. The maximum absolute atomic E-state index is 12.5. The highest BCUT2D eigenvalue weighted by molar-refractivity contribution is 9.10. The van der Waals surface area contributed by atoms with Crippen LogP contribution in [0.3, 0.4) is 0 Å². The minimum Gasteiger partial charge on any atom is -0.504 e. The number of carbonyl (C=O) groups is 2. The largest absolute Gasteiger partial charge is 0.504 e. The highest BCUT2D eigenvalue weighted by atomic mass is 79.9. The van der Waals surface area contributed by atoms with Crippen molar-refractivity contribution in [2.75, 3.05) is 7.05 Å². The molecule has 0 aromatic heterocycles. The van der Waals surface area contributed by atoms with Gasteiger partial charge in [-0.25, -0.2) is 9.59 Å². The Kier molecular flexibility index (Phi) is 7.15. The monoisotopic (exact) mass is 485 g/mol. The lowest BCUT2D eigenvalue weighted by Gasteiger charge is -2.25. The van der Waals surface area contributed by atoms with E-state index in [-0.39, 0.29) is 23.7 Å². The number of carbonyl (C=O) groups excluding carboxylic acids is 1. The van der Waals surface area contributed by atoms with E-state index in [1.807, 2.05) is 24.3 Å². The number of hydrogen-bond donors (Lipinski definition) is 2. The molecule has 160 valence electrons. The Hall–Kier alpha value is -3.52. The number of benzene rings is 3. The predicted octanol–water partition coefficient (Wildman–Crippen LogP) is 5.34. The normalized spacial score (nSPS) is 11.4. The van der Waals surface area contributed by atoms with Crippen LogP contribution in [0.5, 0.6) is 17.2 Å². The lowest BCUT2D eigenvalue weighted by molar-refractivity contribution is -0.142. The minimum atomic E-state index is -1.38. The van der Waals surface area contributed by atoms with Crippen LogP contribution in [0, 0.1) is 0 Å². The van der Waals surface area contributed by atoms with Crippen molar-refractivity contribution in [3.8, 4) is 17.2 Å². The number of rotatable bonds is 7. The number of amides is 1. The number of carboxylic acid groups (broad SMARTS) is 1. The van der Waals surface area contributed by atoms with Gasteiger partial charge < -0.3 is 19.7 Å². The molecule has 0 unspecified atom stereocenters. The van der Waals surface area contributed by atoms with Crippen LogP contribution in [-0.2, 0) is 16.1 Å². The SMILES string of the molecule is CN(C(=O)OCc1ccccc1)[C@H](C(=O)O)c1cc(O)c(Oc2ccccc2)c(Br)c1. The molecule has 0 saturated carbocycles. The standard InChI is InChI=1S/C23H20BrNO6/c1-25(23(29)30-14-15-8-4-2-5-9-15)20(22(27)28)16-12-18(24)21(19(26)13-16)31-17-10-6-3-7-11-17/h2-13,20,26H,14H2,1H3,(H,27,28)/t20-/m0/s1. The van der Waals surface area contributed by atoms with Gasteiger partial charge in [0, 0.05) is 7.05 Å². The fourth-order valence-corrected chi connectivity index (χ4v) is 3.47. The van der Waals surface area contributed by atoms with Crippen LogP contribution in [0.4, 0.5) is 4.79 Å². The van der Waals surface area contributed by atoms with Gasteiger partial charge in [-0.1, -0.05) is 48.5 Å². The summed E-state index contributed by atoms with van der Waals surface area (Å²) < 4.78 is 11.2. The quantitative estimate of drug-likeness (QED) is 0.468. The van der Waals surface area contributed by atoms with E-state index in [1.165, 1.54) is 19.2 Å². The van der Waals surface area contributed by atoms with Crippen LogP contribution in [0.2, 0.25) is 0 Å². The third kappa shape index (κ3) is 5.55. The summed E-state index contributed by atoms with van der Waals surface area (Å²) in [5, 5.41) is 20.2. The van der Waals surface area contributed by atoms with Crippen LogP contribution < -0.4 is 4.74 Å². The number of carboxylic acids is 1. The lowest BCUT2D eigenvalue weighted by Crippen LogP contribution is -2.36. The first-order valence-electron chi connectivity index (χ1n) is 9.28. The molecule has 7 nitrogen and oxygen atoms in total. The van der Waals surface area contributed by atoms with Crippen molar-refractivity contribution in [1.82, 2.24) is 4.90 Å². The van der Waals surface area contributed by atoms with E-state index in [2.05, 4.69) is 15.9 Å². The van der Waals surface area contributed by atoms with Gasteiger partial charge in [0.05, 0.1) is 4.47 Å². The van der Waals surface area contributed by atoms with Gasteiger partial charge in [-0.3, -0.25) is 4.90 Å². The van der Waals surface area contributed by atoms with E-state index in [4.69, 9.17) is 9.47 Å². The zero-order valence-electron chi connectivity index (χ0n) is 16.6. The molecule has 3 rings (SSSR count). The molecular formula is C23H20BrNO6. The molecule has 3 aromatic rings. The first kappa shape index (κ1) is 22.2. The Morgan fingerprint density at radius 1 is 1.03 bits per heavy atom. The number of nitrogens with zero attached hydrogens (tertiary/aromatic N) is 1. The molecule has 3 aromatic carbocycles. The molecule has 0 bridgehead atoms. The Bertz CT molecular complexity index is 1040. The highest BCUT2D eigenvalue weighted by Gasteiger charge is 2.31. The van der Waals surface area contributed by atoms with Gasteiger partial charge in [0.15, 0.2) is 17.5 Å². The van der Waals surface area contributed by atoms with E-state index < -0.39 is 18.1 Å². The molecule has 1 atom stereocenters. The summed E-state index contributed by atoms with van der Waals surface area (Å²) in [5.74, 6) is -0.913. The van der Waals surface area contributed by atoms with Crippen molar-refractivity contribution >= 4 is 28.0 Å². The second kappa shape index (κ2) is 9.99. The number of aromatic hydroxyl groups is 1. The van der Waals surface area contributed by atoms with Crippen LogP contribution in [-0.4, -0.2) is 34.2 Å². The lowest BCUT2D eigenvalue weighted by atomic mass is 10.1. The molecule has 0 spiro atoms. The molecule has 0 aliphatic carbocycles. The van der Waals surface area contributed by atoms with Crippen molar-refractivity contribution in [2.45, 2.75) is 12.6 Å². The fourth-order valence-electron chi connectivity index (χ4n) is 2.92. The number of likely N-dealkylation sites (N-methyl/N-ethyl adjacent to an activating group) is 1. The maximum atomic E-state index is 12.5. The minimum absolute atomic E-state index is 0.00908. The molecule has 0 heterocycles. The Morgan fingerprint density at radius 2 is 1.65 bits per heavy atom. The van der Waals surface area contributed by atoms with Gasteiger partial charge in [-0.2, -0.15) is 0 Å². The zero-order valence-corrected chi connectivity index (χ0v) is 18.2. The number of halogens is 1. The molecule has 8 heteroatoms. The van der Waals surface area contributed by atoms with Crippen molar-refractivity contribution < 1.29 is 29.3 Å². The molecule has 0 fully saturated rings. The summed E-state index contributed by atoms with van der Waals surface area (Å²) in [7, 11) is 1.32. The van der Waals surface area contributed by atoms with Crippen molar-refractivity contribution in [3.05, 3.63) is 88.4 Å². The second-order valence-corrected chi connectivity index (χ2v) is 7.51. The topological polar surface area (TPSA) is 96.3 Å². The van der Waals surface area contributed by atoms with Gasteiger partial charge in [0.2, 0.25) is 0 Å². The number of aliphatic carboxylic acids is 1. The van der Waals surface area contributed by atoms with Crippen molar-refractivity contribution in [2.24, 2.45) is 0 Å². The summed E-state index contributed by atoms with van der Waals surface area (Å²) in [6.45, 7) is 0.00908. The predicted molar refractivity (Wildman–Crippen MR) is 117 cm³/mol. The van der Waals surface area contributed by atoms with E-state index in [0.717, 1.165) is 10.5 Å². The Labute approximate surface area is 187 Å². The maximum Gasteiger partial charge on any atom is 0.410 e. The number of phenols is 1. The molecule has 2 N–H and O–H groups in total. The van der Waals surface area contributed by atoms with Gasteiger partial charge >= 0.3 is 12.1 Å². The molecule has 0 radical (unpaired) electrons. The molecular weight excluding hydrogens is 466 g/mol. The van der Waals surface area contributed by atoms with Crippen LogP contribution in [0.25, 0.3) is 0 Å². The van der Waals surface area contributed by atoms with Gasteiger partial charge in [-0.05, 0) is 51.3 Å². The summed E-state index contributed by atoms with van der Waals surface area (Å²) in [5.41, 5.74) is 0.954. The summed E-state index contributed by atoms with van der Waals surface area (Å²) in [4.78, 5) is 25.4. The van der Waals surface area contributed by atoms with Gasteiger partial charge in [0.25, 0.3) is 0 Å².